The van der Waals surface area contributed by atoms with Gasteiger partial charge in [0.25, 0.3) is 0 Å². The number of aldehydes is 2. The number of carbonyl (C=O) groups is 4. The number of carbonyl (C=O) groups excluding carboxylic acids is 4. The van der Waals surface area contributed by atoms with Crippen LogP contribution < -0.4 is 30.7 Å². The van der Waals surface area contributed by atoms with Gasteiger partial charge in [0.15, 0.2) is 0 Å². The van der Waals surface area contributed by atoms with E-state index in [0.29, 0.717) is 30.6 Å². The molecular weight excluding hydrogens is 824 g/mol. The number of hydrogen-bond donors (Lipinski definition) is 3. The third-order valence-corrected chi connectivity index (χ3v) is 8.36. The van der Waals surface area contributed by atoms with Gasteiger partial charge < -0.3 is 40.3 Å². The molecule has 1 amide bonds. The van der Waals surface area contributed by atoms with Crippen LogP contribution in [0.1, 0.15) is 44.6 Å². The van der Waals surface area contributed by atoms with Crippen LogP contribution >= 0.6 is 0 Å². The molecule has 5 rings (SSSR count). The van der Waals surface area contributed by atoms with Crippen molar-refractivity contribution < 1.29 is 50.6 Å². The van der Waals surface area contributed by atoms with Crippen molar-refractivity contribution in [3.8, 4) is 11.5 Å². The normalized spacial score (nSPS) is 10.4. The highest BCUT2D eigenvalue weighted by molar-refractivity contribution is 5.77. The number of hydrogen-bond acceptors (Lipinski definition) is 9. The Bertz CT molecular complexity index is 2070. The summed E-state index contributed by atoms with van der Waals surface area (Å²) in [6.45, 7) is 10.9. The Balaban J connectivity index is 0.000000840. The van der Waals surface area contributed by atoms with Gasteiger partial charge >= 0.3 is 0 Å². The van der Waals surface area contributed by atoms with E-state index < -0.39 is 35.0 Å². The lowest BCUT2D eigenvalue weighted by Crippen LogP contribution is -2.19. The Kier molecular flexibility index (Phi) is 29.1. The molecule has 10 nitrogen and oxygen atoms in total. The molecule has 1 unspecified atom stereocenters. The Hall–Kier alpha value is -6.97. The fraction of sp³-hybridized carbons (Fsp3) is 0.208. The first kappa shape index (κ1) is 56.0. The second-order valence-electron chi connectivity index (χ2n) is 12.7. The third kappa shape index (κ3) is 21.4. The number of anilines is 1. The molecule has 5 aromatic carbocycles. The number of halogens is 5. The van der Waals surface area contributed by atoms with Crippen LogP contribution in [0.5, 0.6) is 11.5 Å². The largest absolute Gasteiger partial charge is 0.497 e. The Labute approximate surface area is 366 Å². The molecule has 0 spiro atoms. The smallest absolute Gasteiger partial charge is 0.204 e. The summed E-state index contributed by atoms with van der Waals surface area (Å²) in [6.07, 6.45) is 5.33. The highest BCUT2D eigenvalue weighted by Crippen LogP contribution is 2.27. The van der Waals surface area contributed by atoms with Crippen LogP contribution in [0.3, 0.4) is 0 Å². The molecule has 63 heavy (non-hydrogen) atoms. The predicted molar refractivity (Wildman–Crippen MR) is 239 cm³/mol. The molecule has 2 atom stereocenters. The maximum absolute atomic E-state index is 13.8. The highest BCUT2D eigenvalue weighted by Gasteiger charge is 2.19. The van der Waals surface area contributed by atoms with Crippen molar-refractivity contribution in [1.82, 2.24) is 10.6 Å². The summed E-state index contributed by atoms with van der Waals surface area (Å²) in [4.78, 5) is 40.6. The van der Waals surface area contributed by atoms with Crippen molar-refractivity contribution >= 4 is 31.5 Å². The lowest BCUT2D eigenvalue weighted by atomic mass is 9.91. The lowest BCUT2D eigenvalue weighted by molar-refractivity contribution is -0.108. The Morgan fingerprint density at radius 2 is 1.19 bits per heavy atom. The van der Waals surface area contributed by atoms with Gasteiger partial charge in [-0.2, -0.15) is 0 Å². The molecule has 0 aliphatic heterocycles. The molecule has 0 heterocycles. The van der Waals surface area contributed by atoms with Crippen molar-refractivity contribution in [1.29, 1.82) is 0 Å². The van der Waals surface area contributed by atoms with Crippen LogP contribution in [0, 0.1) is 29.1 Å². The van der Waals surface area contributed by atoms with Crippen molar-refractivity contribution in [3.63, 3.8) is 0 Å². The van der Waals surface area contributed by atoms with Gasteiger partial charge in [-0.25, -0.2) is 22.0 Å². The third-order valence-electron chi connectivity index (χ3n) is 8.36. The van der Waals surface area contributed by atoms with E-state index in [9.17, 15) is 31.5 Å². The lowest BCUT2D eigenvalue weighted by Gasteiger charge is -2.17. The topological polar surface area (TPSA) is 140 Å². The number of nitrogens with one attached hydrogen (secondary N) is 2. The standard InChI is InChI=1S/C16H17F2NO.C15H9F3O2.C11H15NO.C4H9N.CH3NO.CH2O/c1-19-16(12-3-5-15(20-2)6-4-12)9-11-7-13(17)10-14(18)8-11;16-11-4-10(5-12(17)6-11)14(8-20)13-3-9(7-19)1-2-15(13)18;1-4-9-12(2)10-5-7-11(13-3)8-6-10;1-3-4-5-2;2-1-3;1-2/h3-8,10,16,19H,9H2,1-2H3;1-8,14H;4-8H,1,9H2,2-3H3;3,5H,1,4H2,2H3;1H,(H2,2,3);1H2/t16-;;;;;/m0...../s1. The van der Waals surface area contributed by atoms with Gasteiger partial charge in [-0.15, -0.1) is 13.2 Å². The van der Waals surface area contributed by atoms with Gasteiger partial charge in [-0.1, -0.05) is 24.3 Å². The molecule has 0 bridgehead atoms. The summed E-state index contributed by atoms with van der Waals surface area (Å²) in [7, 11) is 9.03. The fourth-order valence-corrected chi connectivity index (χ4v) is 5.43. The maximum atomic E-state index is 13.8. The number of methoxy groups -OCH3 is 2. The van der Waals surface area contributed by atoms with Gasteiger partial charge in [0.2, 0.25) is 6.41 Å². The van der Waals surface area contributed by atoms with Gasteiger partial charge in [-0.05, 0) is 116 Å². The first-order valence-electron chi connectivity index (χ1n) is 18.9. The van der Waals surface area contributed by atoms with E-state index in [1.165, 1.54) is 30.0 Å². The number of amides is 1. The van der Waals surface area contributed by atoms with Crippen LogP contribution in [0.2, 0.25) is 0 Å². The number of primary amides is 1. The summed E-state index contributed by atoms with van der Waals surface area (Å²) < 4.78 is 76.7. The van der Waals surface area contributed by atoms with Crippen LogP contribution in [-0.4, -0.2) is 74.2 Å². The van der Waals surface area contributed by atoms with E-state index in [1.807, 2.05) is 88.6 Å². The zero-order valence-corrected chi connectivity index (χ0v) is 36.0. The van der Waals surface area contributed by atoms with Crippen molar-refractivity contribution in [2.45, 2.75) is 18.4 Å². The Morgan fingerprint density at radius 1 is 0.698 bits per heavy atom. The van der Waals surface area contributed by atoms with Crippen molar-refractivity contribution in [2.24, 2.45) is 5.73 Å². The zero-order valence-electron chi connectivity index (χ0n) is 36.0. The monoisotopic (exact) mass is 878 g/mol. The second-order valence-corrected chi connectivity index (χ2v) is 12.7. The van der Waals surface area contributed by atoms with Crippen LogP contribution in [-0.2, 0) is 20.8 Å². The maximum Gasteiger partial charge on any atom is 0.204 e. The molecule has 0 aliphatic rings. The van der Waals surface area contributed by atoms with E-state index >= 15 is 0 Å². The van der Waals surface area contributed by atoms with Gasteiger partial charge in [0.05, 0.1) is 20.1 Å². The highest BCUT2D eigenvalue weighted by atomic mass is 19.1. The van der Waals surface area contributed by atoms with Gasteiger partial charge in [0, 0.05) is 55.1 Å². The summed E-state index contributed by atoms with van der Waals surface area (Å²) in [6, 6.07) is 25.2. The van der Waals surface area contributed by atoms with E-state index in [1.54, 1.807) is 14.2 Å². The molecule has 338 valence electrons. The molecule has 0 aliphatic carbocycles. The predicted octanol–water partition coefficient (Wildman–Crippen LogP) is 8.35. The van der Waals surface area contributed by atoms with Gasteiger partial charge in [-0.3, -0.25) is 9.59 Å². The number of benzene rings is 5. The second kappa shape index (κ2) is 32.8. The average molecular weight is 879 g/mol. The minimum absolute atomic E-state index is 0.0119. The fourth-order valence-electron chi connectivity index (χ4n) is 5.43. The molecular formula is C48H55F5N4O6. The number of likely N-dealkylation sites (N-methyl/N-ethyl adjacent to an activating group) is 3. The number of rotatable bonds is 15. The summed E-state index contributed by atoms with van der Waals surface area (Å²) >= 11 is 0. The summed E-state index contributed by atoms with van der Waals surface area (Å²) in [5.74, 6) is -3.07. The summed E-state index contributed by atoms with van der Waals surface area (Å²) in [5.41, 5.74) is 7.05. The molecule has 4 N–H and O–H groups in total. The minimum atomic E-state index is -1.18. The molecule has 0 aromatic heterocycles. The summed E-state index contributed by atoms with van der Waals surface area (Å²) in [5, 5.41) is 6.06. The molecule has 0 saturated heterocycles. The number of ether oxygens (including phenoxy) is 2. The van der Waals surface area contributed by atoms with Crippen LogP contribution in [0.25, 0.3) is 0 Å². The first-order chi connectivity index (χ1) is 30.3. The quantitative estimate of drug-likeness (QED) is 0.0538. The van der Waals surface area contributed by atoms with Crippen LogP contribution in [0.4, 0.5) is 27.6 Å². The van der Waals surface area contributed by atoms with Gasteiger partial charge in [0.1, 0.15) is 59.9 Å². The van der Waals surface area contributed by atoms with E-state index in [4.69, 9.17) is 19.1 Å². The molecule has 5 aromatic rings. The van der Waals surface area contributed by atoms with E-state index in [-0.39, 0.29) is 29.1 Å². The zero-order chi connectivity index (χ0) is 47.7. The first-order valence-corrected chi connectivity index (χ1v) is 18.9. The number of nitrogens with zero attached hydrogens (tertiary/aromatic N) is 1. The molecule has 15 heteroatoms. The SMILES string of the molecule is C=CCN(C)c1ccc(OC)cc1.C=CCNC.C=O.CN[C@@H](Cc1cc(F)cc(F)c1)c1ccc(OC)cc1.NC=O.O=Cc1ccc(F)c(C(C=O)c2cc(F)cc(F)c2)c1. The Morgan fingerprint density at radius 3 is 1.59 bits per heavy atom. The molecule has 0 saturated carbocycles. The average Bonchev–Trinajstić information content (AvgIpc) is 3.28. The molecule has 0 radical (unpaired) electrons. The van der Waals surface area contributed by atoms with Crippen LogP contribution in [0.15, 0.2) is 128 Å². The minimum Gasteiger partial charge on any atom is -0.497 e. The van der Waals surface area contributed by atoms with Crippen molar-refractivity contribution in [3.05, 3.63) is 185 Å². The van der Waals surface area contributed by atoms with E-state index in [2.05, 4.69) is 34.4 Å². The van der Waals surface area contributed by atoms with E-state index in [0.717, 1.165) is 54.4 Å². The van der Waals surface area contributed by atoms with Crippen molar-refractivity contribution in [2.75, 3.05) is 53.4 Å². The molecule has 0 fully saturated rings. The number of nitrogens with two attached hydrogens (primary N) is 1.